The van der Waals surface area contributed by atoms with Crippen molar-refractivity contribution in [2.24, 2.45) is 0 Å². The molecule has 8 heteroatoms. The van der Waals surface area contributed by atoms with Gasteiger partial charge in [-0.05, 0) is 39.7 Å². The van der Waals surface area contributed by atoms with Crippen LogP contribution in [-0.4, -0.2) is 35.2 Å². The Kier molecular flexibility index (Phi) is 10.9. The Morgan fingerprint density at radius 1 is 1.00 bits per heavy atom. The lowest BCUT2D eigenvalue weighted by atomic mass is 10.1. The van der Waals surface area contributed by atoms with Gasteiger partial charge in [-0.25, -0.2) is 14.4 Å². The van der Waals surface area contributed by atoms with Gasteiger partial charge in [-0.1, -0.05) is 51.9 Å². The molecule has 1 rings (SSSR count). The maximum atomic E-state index is 12.6. The standard InChI is InChI=1S/C22H36N2O5S/c1-6-7-8-9-10-11-12-13-14-23-21(28)24-18-16(20(27)29-22(3,4)5)15(2)17(30-18)19(25)26/h6-14H2,1-5H3,(H,25,26)(H2,23,24,28). The van der Waals surface area contributed by atoms with E-state index < -0.39 is 23.6 Å². The van der Waals surface area contributed by atoms with Crippen molar-refractivity contribution >= 4 is 34.3 Å². The van der Waals surface area contributed by atoms with Gasteiger partial charge >= 0.3 is 18.0 Å². The van der Waals surface area contributed by atoms with E-state index in [1.165, 1.54) is 32.1 Å². The molecule has 0 aromatic carbocycles. The number of thiophene rings is 1. The molecule has 1 aromatic rings. The van der Waals surface area contributed by atoms with E-state index in [0.717, 1.165) is 30.6 Å². The summed E-state index contributed by atoms with van der Waals surface area (Å²) in [5.41, 5.74) is -0.347. The van der Waals surface area contributed by atoms with Crippen molar-refractivity contribution in [2.45, 2.75) is 91.6 Å². The maximum absolute atomic E-state index is 12.6. The van der Waals surface area contributed by atoms with E-state index >= 15 is 0 Å². The number of hydrogen-bond donors (Lipinski definition) is 3. The fourth-order valence-electron chi connectivity index (χ4n) is 2.99. The van der Waals surface area contributed by atoms with Crippen LogP contribution < -0.4 is 10.6 Å². The van der Waals surface area contributed by atoms with E-state index in [1.54, 1.807) is 27.7 Å². The van der Waals surface area contributed by atoms with Crippen molar-refractivity contribution in [3.8, 4) is 0 Å². The van der Waals surface area contributed by atoms with Crippen LogP contribution in [0.25, 0.3) is 0 Å². The monoisotopic (exact) mass is 440 g/mol. The Hall–Kier alpha value is -2.09. The molecule has 3 N–H and O–H groups in total. The number of nitrogens with one attached hydrogen (secondary N) is 2. The lowest BCUT2D eigenvalue weighted by molar-refractivity contribution is 0.00705. The summed E-state index contributed by atoms with van der Waals surface area (Å²) < 4.78 is 5.38. The highest BCUT2D eigenvalue weighted by Gasteiger charge is 2.29. The lowest BCUT2D eigenvalue weighted by Gasteiger charge is -2.20. The molecule has 0 saturated heterocycles. The van der Waals surface area contributed by atoms with Crippen LogP contribution in [0.3, 0.4) is 0 Å². The minimum absolute atomic E-state index is 0.00855. The number of carbonyl (C=O) groups is 3. The molecule has 0 bridgehead atoms. The molecule has 2 amide bonds. The number of unbranched alkanes of at least 4 members (excludes halogenated alkanes) is 7. The first-order valence-corrected chi connectivity index (χ1v) is 11.5. The summed E-state index contributed by atoms with van der Waals surface area (Å²) in [6, 6.07) is -0.457. The molecule has 1 heterocycles. The van der Waals surface area contributed by atoms with Crippen LogP contribution in [0.5, 0.6) is 0 Å². The highest BCUT2D eigenvalue weighted by Crippen LogP contribution is 2.34. The Labute approximate surface area is 183 Å². The summed E-state index contributed by atoms with van der Waals surface area (Å²) in [7, 11) is 0. The van der Waals surface area contributed by atoms with Crippen molar-refractivity contribution in [3.05, 3.63) is 16.0 Å². The number of hydrogen-bond acceptors (Lipinski definition) is 5. The molecule has 0 aliphatic carbocycles. The minimum Gasteiger partial charge on any atom is -0.477 e. The van der Waals surface area contributed by atoms with E-state index in [-0.39, 0.29) is 15.4 Å². The van der Waals surface area contributed by atoms with Crippen molar-refractivity contribution < 1.29 is 24.2 Å². The van der Waals surface area contributed by atoms with Gasteiger partial charge < -0.3 is 15.2 Å². The second-order valence-corrected chi connectivity index (χ2v) is 9.44. The van der Waals surface area contributed by atoms with Gasteiger partial charge in [0.1, 0.15) is 15.5 Å². The highest BCUT2D eigenvalue weighted by atomic mass is 32.1. The largest absolute Gasteiger partial charge is 0.477 e. The molecule has 0 aliphatic rings. The Morgan fingerprint density at radius 3 is 2.10 bits per heavy atom. The molecule has 0 radical (unpaired) electrons. The van der Waals surface area contributed by atoms with Crippen LogP contribution in [0.15, 0.2) is 0 Å². The van der Waals surface area contributed by atoms with E-state index in [2.05, 4.69) is 17.6 Å². The van der Waals surface area contributed by atoms with Crippen LogP contribution >= 0.6 is 11.3 Å². The third-order valence-electron chi connectivity index (χ3n) is 4.49. The lowest BCUT2D eigenvalue weighted by Crippen LogP contribution is -2.30. The highest BCUT2D eigenvalue weighted by molar-refractivity contribution is 7.18. The van der Waals surface area contributed by atoms with Crippen LogP contribution in [0.1, 0.15) is 105 Å². The van der Waals surface area contributed by atoms with E-state index in [1.807, 2.05) is 0 Å². The Morgan fingerprint density at radius 2 is 1.57 bits per heavy atom. The summed E-state index contributed by atoms with van der Waals surface area (Å²) in [5.74, 6) is -1.79. The van der Waals surface area contributed by atoms with Gasteiger partial charge in [0, 0.05) is 6.54 Å². The molecule has 0 unspecified atom stereocenters. The fraction of sp³-hybridized carbons (Fsp3) is 0.682. The molecule has 0 fully saturated rings. The number of carboxylic acid groups (broad SMARTS) is 1. The molecular weight excluding hydrogens is 404 g/mol. The second kappa shape index (κ2) is 12.6. The maximum Gasteiger partial charge on any atom is 0.346 e. The molecule has 30 heavy (non-hydrogen) atoms. The average molecular weight is 441 g/mol. The first kappa shape index (κ1) is 25.9. The third-order valence-corrected chi connectivity index (χ3v) is 5.68. The summed E-state index contributed by atoms with van der Waals surface area (Å²) in [4.78, 5) is 36.3. The van der Waals surface area contributed by atoms with Gasteiger partial charge in [-0.3, -0.25) is 5.32 Å². The van der Waals surface area contributed by atoms with Crippen LogP contribution in [0, 0.1) is 6.92 Å². The van der Waals surface area contributed by atoms with Crippen molar-refractivity contribution in [1.82, 2.24) is 5.32 Å². The van der Waals surface area contributed by atoms with Crippen LogP contribution in [0.2, 0.25) is 0 Å². The smallest absolute Gasteiger partial charge is 0.346 e. The number of esters is 1. The first-order chi connectivity index (χ1) is 14.1. The number of amides is 2. The average Bonchev–Trinajstić information content (AvgIpc) is 2.95. The predicted octanol–water partition coefficient (Wildman–Crippen LogP) is 5.97. The van der Waals surface area contributed by atoms with E-state index in [9.17, 15) is 19.5 Å². The third kappa shape index (κ3) is 9.15. The fourth-order valence-corrected chi connectivity index (χ4v) is 4.02. The van der Waals surface area contributed by atoms with Crippen molar-refractivity contribution in [2.75, 3.05) is 11.9 Å². The van der Waals surface area contributed by atoms with Crippen molar-refractivity contribution in [1.29, 1.82) is 0 Å². The van der Waals surface area contributed by atoms with Gasteiger partial charge in [0.25, 0.3) is 0 Å². The number of anilines is 1. The molecular formula is C22H36N2O5S. The Bertz CT molecular complexity index is 722. The number of carboxylic acids is 1. The summed E-state index contributed by atoms with van der Waals surface area (Å²) in [6.07, 6.45) is 9.39. The first-order valence-electron chi connectivity index (χ1n) is 10.7. The van der Waals surface area contributed by atoms with Gasteiger partial charge in [-0.2, -0.15) is 0 Å². The molecule has 0 atom stereocenters. The van der Waals surface area contributed by atoms with Crippen LogP contribution in [-0.2, 0) is 4.74 Å². The van der Waals surface area contributed by atoms with Crippen molar-refractivity contribution in [3.63, 3.8) is 0 Å². The number of carbonyl (C=O) groups excluding carboxylic acids is 2. The Balaban J connectivity index is 2.60. The number of rotatable bonds is 12. The topological polar surface area (TPSA) is 105 Å². The second-order valence-electron chi connectivity index (χ2n) is 8.42. The molecule has 0 spiro atoms. The zero-order chi connectivity index (χ0) is 22.7. The zero-order valence-corrected chi connectivity index (χ0v) is 19.7. The normalized spacial score (nSPS) is 11.2. The van der Waals surface area contributed by atoms with Gasteiger partial charge in [0.05, 0.1) is 5.56 Å². The van der Waals surface area contributed by atoms with Gasteiger partial charge in [0.2, 0.25) is 0 Å². The van der Waals surface area contributed by atoms with Gasteiger partial charge in [-0.15, -0.1) is 11.3 Å². The predicted molar refractivity (Wildman–Crippen MR) is 121 cm³/mol. The van der Waals surface area contributed by atoms with Gasteiger partial charge in [0.15, 0.2) is 0 Å². The summed E-state index contributed by atoms with van der Waals surface area (Å²) >= 11 is 0.861. The van der Waals surface area contributed by atoms with E-state index in [0.29, 0.717) is 12.1 Å². The zero-order valence-electron chi connectivity index (χ0n) is 18.9. The summed E-state index contributed by atoms with van der Waals surface area (Å²) in [5, 5.41) is 15.0. The number of ether oxygens (including phenoxy) is 1. The number of urea groups is 1. The summed E-state index contributed by atoms with van der Waals surface area (Å²) in [6.45, 7) is 9.46. The number of aromatic carboxylic acids is 1. The quantitative estimate of drug-likeness (QED) is 0.274. The minimum atomic E-state index is -1.14. The van der Waals surface area contributed by atoms with Crippen LogP contribution in [0.4, 0.5) is 9.80 Å². The molecule has 0 saturated carbocycles. The molecule has 170 valence electrons. The van der Waals surface area contributed by atoms with E-state index in [4.69, 9.17) is 4.74 Å². The molecule has 7 nitrogen and oxygen atoms in total. The molecule has 1 aromatic heterocycles. The SMILES string of the molecule is CCCCCCCCCCNC(=O)Nc1sc(C(=O)O)c(C)c1C(=O)OC(C)(C)C. The molecule has 0 aliphatic heterocycles.